The van der Waals surface area contributed by atoms with Gasteiger partial charge in [0.25, 0.3) is 0 Å². The number of benzene rings is 1. The summed E-state index contributed by atoms with van der Waals surface area (Å²) in [6, 6.07) is 7.79. The second kappa shape index (κ2) is 7.64. The van der Waals surface area contributed by atoms with Crippen LogP contribution < -0.4 is 4.74 Å². The summed E-state index contributed by atoms with van der Waals surface area (Å²) in [5, 5.41) is 0.595. The molecule has 2 aromatic rings. The lowest BCUT2D eigenvalue weighted by atomic mass is 9.88. The number of hydrogen-bond acceptors (Lipinski definition) is 4. The molecule has 1 aliphatic heterocycles. The number of ether oxygens (including phenoxy) is 2. The summed E-state index contributed by atoms with van der Waals surface area (Å²) in [5.74, 6) is 0.584. The number of aryl methyl sites for hydroxylation is 2. The van der Waals surface area contributed by atoms with E-state index < -0.39 is 5.60 Å². The van der Waals surface area contributed by atoms with Crippen LogP contribution in [0.1, 0.15) is 23.6 Å². The summed E-state index contributed by atoms with van der Waals surface area (Å²) in [7, 11) is 1.97. The second-order valence-electron chi connectivity index (χ2n) is 6.70. The zero-order valence-electron chi connectivity index (χ0n) is 15.6. The predicted octanol–water partition coefficient (Wildman–Crippen LogP) is 4.27. The Morgan fingerprint density at radius 3 is 2.69 bits per heavy atom. The van der Waals surface area contributed by atoms with Crippen LogP contribution in [0.2, 0.25) is 5.02 Å². The number of hydrogen-bond donors (Lipinski definition) is 0. The molecule has 6 heteroatoms. The molecule has 0 unspecified atom stereocenters. The Morgan fingerprint density at radius 2 is 2.12 bits per heavy atom. The average molecular weight is 374 g/mol. The van der Waals surface area contributed by atoms with Gasteiger partial charge < -0.3 is 14.4 Å². The topological polar surface area (TPSA) is 47.0 Å². The van der Waals surface area contributed by atoms with Crippen molar-refractivity contribution in [3.63, 3.8) is 0 Å². The van der Waals surface area contributed by atoms with E-state index in [4.69, 9.17) is 21.1 Å². The molecular formula is C20H24ClN3O2. The summed E-state index contributed by atoms with van der Waals surface area (Å²) < 4.78 is 11.7. The van der Waals surface area contributed by atoms with Crippen molar-refractivity contribution in [3.8, 4) is 5.88 Å². The molecule has 0 spiro atoms. The Morgan fingerprint density at radius 1 is 1.35 bits per heavy atom. The Balaban J connectivity index is 1.90. The minimum atomic E-state index is -0.557. The van der Waals surface area contributed by atoms with E-state index in [0.29, 0.717) is 24.1 Å². The fourth-order valence-corrected chi connectivity index (χ4v) is 2.98. The standard InChI is InChI=1S/C20H24ClN3O2/c1-5-24(4)13-23-18-8-15(3)16(9-17(18)21)20(11-25-12-20)26-19-7-6-14(2)10-22-19/h6-10,13H,5,11-12H2,1-4H3. The highest BCUT2D eigenvalue weighted by Gasteiger charge is 2.44. The molecule has 3 rings (SSSR count). The molecular weight excluding hydrogens is 350 g/mol. The number of nitrogens with zero attached hydrogens (tertiary/aromatic N) is 3. The lowest BCUT2D eigenvalue weighted by Gasteiger charge is -2.42. The first kappa shape index (κ1) is 18.7. The molecule has 0 aliphatic carbocycles. The average Bonchev–Trinajstić information content (AvgIpc) is 2.60. The molecule has 0 N–H and O–H groups in total. The van der Waals surface area contributed by atoms with E-state index in [2.05, 4.69) is 16.9 Å². The molecule has 0 bridgehead atoms. The Kier molecular flexibility index (Phi) is 5.49. The fraction of sp³-hybridized carbons (Fsp3) is 0.400. The molecule has 138 valence electrons. The lowest BCUT2D eigenvalue weighted by Crippen LogP contribution is -2.52. The molecule has 1 aliphatic rings. The van der Waals surface area contributed by atoms with Gasteiger partial charge in [0.1, 0.15) is 0 Å². The third kappa shape index (κ3) is 3.84. The van der Waals surface area contributed by atoms with Crippen molar-refractivity contribution in [2.24, 2.45) is 4.99 Å². The van der Waals surface area contributed by atoms with Gasteiger partial charge in [0.2, 0.25) is 5.88 Å². The molecule has 26 heavy (non-hydrogen) atoms. The highest BCUT2D eigenvalue weighted by atomic mass is 35.5. The van der Waals surface area contributed by atoms with Crippen LogP contribution in [0.15, 0.2) is 35.5 Å². The quantitative estimate of drug-likeness (QED) is 0.560. The molecule has 2 heterocycles. The van der Waals surface area contributed by atoms with Gasteiger partial charge in [0.15, 0.2) is 5.60 Å². The normalized spacial score (nSPS) is 15.7. The van der Waals surface area contributed by atoms with Crippen LogP contribution >= 0.6 is 11.6 Å². The van der Waals surface area contributed by atoms with Crippen LogP contribution in [0.5, 0.6) is 5.88 Å². The third-order valence-electron chi connectivity index (χ3n) is 4.53. The summed E-state index contributed by atoms with van der Waals surface area (Å²) in [4.78, 5) is 10.8. The van der Waals surface area contributed by atoms with Crippen molar-refractivity contribution >= 4 is 23.6 Å². The van der Waals surface area contributed by atoms with E-state index in [1.165, 1.54) is 0 Å². The van der Waals surface area contributed by atoms with Crippen molar-refractivity contribution in [3.05, 3.63) is 52.2 Å². The molecule has 1 aromatic heterocycles. The number of aliphatic imine (C=N–C) groups is 1. The SMILES string of the molecule is CCN(C)C=Nc1cc(C)c(C2(Oc3ccc(C)cn3)COC2)cc1Cl. The first-order valence-electron chi connectivity index (χ1n) is 8.68. The van der Waals surface area contributed by atoms with Crippen molar-refractivity contribution in [2.45, 2.75) is 26.4 Å². The van der Waals surface area contributed by atoms with E-state index >= 15 is 0 Å². The van der Waals surface area contributed by atoms with E-state index in [1.54, 1.807) is 12.5 Å². The first-order chi connectivity index (χ1) is 12.4. The molecule has 0 atom stereocenters. The third-order valence-corrected chi connectivity index (χ3v) is 4.83. The van der Waals surface area contributed by atoms with E-state index in [1.807, 2.05) is 50.1 Å². The number of pyridine rings is 1. The summed E-state index contributed by atoms with van der Waals surface area (Å²) >= 11 is 6.49. The summed E-state index contributed by atoms with van der Waals surface area (Å²) in [5.41, 5.74) is 3.36. The maximum atomic E-state index is 6.49. The zero-order chi connectivity index (χ0) is 18.7. The van der Waals surface area contributed by atoms with Crippen molar-refractivity contribution in [2.75, 3.05) is 26.8 Å². The first-order valence-corrected chi connectivity index (χ1v) is 9.06. The number of rotatable bonds is 6. The van der Waals surface area contributed by atoms with E-state index in [9.17, 15) is 0 Å². The van der Waals surface area contributed by atoms with Gasteiger partial charge in [-0.3, -0.25) is 0 Å². The maximum absolute atomic E-state index is 6.49. The maximum Gasteiger partial charge on any atom is 0.214 e. The molecule has 0 saturated carbocycles. The van der Waals surface area contributed by atoms with Crippen LogP contribution in [0.4, 0.5) is 5.69 Å². The minimum absolute atomic E-state index is 0.473. The van der Waals surface area contributed by atoms with Gasteiger partial charge in [0.05, 0.1) is 30.3 Å². The van der Waals surface area contributed by atoms with Crippen LogP contribution in [-0.2, 0) is 10.3 Å². The van der Waals surface area contributed by atoms with E-state index in [0.717, 1.165) is 28.9 Å². The lowest BCUT2D eigenvalue weighted by molar-refractivity contribution is -0.169. The molecule has 1 fully saturated rings. The van der Waals surface area contributed by atoms with Gasteiger partial charge in [-0.25, -0.2) is 9.98 Å². The highest BCUT2D eigenvalue weighted by Crippen LogP contribution is 2.40. The largest absolute Gasteiger partial charge is 0.461 e. The van der Waals surface area contributed by atoms with Gasteiger partial charge in [-0.2, -0.15) is 0 Å². The molecule has 0 radical (unpaired) electrons. The second-order valence-corrected chi connectivity index (χ2v) is 7.11. The van der Waals surface area contributed by atoms with Gasteiger partial charge in [-0.05, 0) is 44.0 Å². The number of halogens is 1. The Labute approximate surface area is 159 Å². The van der Waals surface area contributed by atoms with E-state index in [-0.39, 0.29) is 0 Å². The van der Waals surface area contributed by atoms with Crippen molar-refractivity contribution < 1.29 is 9.47 Å². The van der Waals surface area contributed by atoms with Crippen molar-refractivity contribution in [1.29, 1.82) is 0 Å². The Hall–Kier alpha value is -2.11. The minimum Gasteiger partial charge on any atom is -0.461 e. The summed E-state index contributed by atoms with van der Waals surface area (Å²) in [6.07, 6.45) is 3.58. The molecule has 1 aromatic carbocycles. The van der Waals surface area contributed by atoms with Gasteiger partial charge in [-0.15, -0.1) is 0 Å². The Bertz CT molecular complexity index is 801. The molecule has 0 amide bonds. The highest BCUT2D eigenvalue weighted by molar-refractivity contribution is 6.33. The summed E-state index contributed by atoms with van der Waals surface area (Å²) in [6.45, 7) is 7.94. The smallest absolute Gasteiger partial charge is 0.214 e. The van der Waals surface area contributed by atoms with Crippen LogP contribution in [0.25, 0.3) is 0 Å². The van der Waals surface area contributed by atoms with Crippen LogP contribution in [-0.4, -0.2) is 43.0 Å². The fourth-order valence-electron chi connectivity index (χ4n) is 2.77. The number of aromatic nitrogens is 1. The van der Waals surface area contributed by atoms with Crippen LogP contribution in [0.3, 0.4) is 0 Å². The molecule has 5 nitrogen and oxygen atoms in total. The van der Waals surface area contributed by atoms with Crippen LogP contribution in [0, 0.1) is 13.8 Å². The zero-order valence-corrected chi connectivity index (χ0v) is 16.4. The van der Waals surface area contributed by atoms with Gasteiger partial charge in [-0.1, -0.05) is 17.7 Å². The predicted molar refractivity (Wildman–Crippen MR) is 105 cm³/mol. The van der Waals surface area contributed by atoms with Gasteiger partial charge >= 0.3 is 0 Å². The van der Waals surface area contributed by atoms with Gasteiger partial charge in [0, 0.05) is 31.4 Å². The monoisotopic (exact) mass is 373 g/mol. The van der Waals surface area contributed by atoms with Crippen molar-refractivity contribution in [1.82, 2.24) is 9.88 Å². The molecule has 1 saturated heterocycles.